The fourth-order valence-electron chi connectivity index (χ4n) is 0.979. The molecule has 0 aliphatic carbocycles. The molecule has 0 radical (unpaired) electrons. The number of ether oxygens (including phenoxy) is 1. The number of aryl methyl sites for hydroxylation is 1. The molecule has 0 bridgehead atoms. The topological polar surface area (TPSA) is 112 Å². The van der Waals surface area contributed by atoms with Gasteiger partial charge in [0.2, 0.25) is 0 Å². The fraction of sp³-hybridized carbons (Fsp3) is 0.222. The van der Waals surface area contributed by atoms with Crippen molar-refractivity contribution < 1.29 is 23.5 Å². The molecule has 3 amide bonds. The lowest BCUT2D eigenvalue weighted by molar-refractivity contribution is -0.123. The molecule has 0 saturated carbocycles. The number of nitrogens with two attached hydrogens (primary N) is 1. The van der Waals surface area contributed by atoms with Gasteiger partial charge >= 0.3 is 12.0 Å². The first-order chi connectivity index (χ1) is 7.50. The van der Waals surface area contributed by atoms with Gasteiger partial charge in [-0.25, -0.2) is 9.59 Å². The van der Waals surface area contributed by atoms with Crippen LogP contribution < -0.4 is 11.1 Å². The normalized spacial score (nSPS) is 9.56. The number of imide groups is 1. The predicted octanol–water partition coefficient (Wildman–Crippen LogP) is -0.0603. The quantitative estimate of drug-likeness (QED) is 0.701. The van der Waals surface area contributed by atoms with E-state index in [4.69, 9.17) is 10.2 Å². The molecule has 7 heteroatoms. The van der Waals surface area contributed by atoms with Crippen LogP contribution in [0.25, 0.3) is 0 Å². The summed E-state index contributed by atoms with van der Waals surface area (Å²) in [5, 5.41) is 1.76. The molecule has 1 rings (SSSR count). The molecule has 0 atom stereocenters. The minimum absolute atomic E-state index is 0.229. The SMILES string of the molecule is Cc1occc1C(=O)OCC(=O)NC(N)=O. The Morgan fingerprint density at radius 3 is 2.69 bits per heavy atom. The van der Waals surface area contributed by atoms with E-state index in [9.17, 15) is 14.4 Å². The van der Waals surface area contributed by atoms with Crippen molar-refractivity contribution in [1.82, 2.24) is 5.32 Å². The number of carbonyl (C=O) groups is 3. The highest BCUT2D eigenvalue weighted by Crippen LogP contribution is 2.09. The highest BCUT2D eigenvalue weighted by Gasteiger charge is 2.14. The summed E-state index contributed by atoms with van der Waals surface area (Å²) >= 11 is 0. The Bertz CT molecular complexity index is 423. The van der Waals surface area contributed by atoms with E-state index in [0.29, 0.717) is 5.76 Å². The predicted molar refractivity (Wildman–Crippen MR) is 51.5 cm³/mol. The molecule has 86 valence electrons. The average molecular weight is 226 g/mol. The minimum atomic E-state index is -0.999. The van der Waals surface area contributed by atoms with Gasteiger partial charge in [0, 0.05) is 0 Å². The van der Waals surface area contributed by atoms with Gasteiger partial charge in [0.25, 0.3) is 5.91 Å². The van der Waals surface area contributed by atoms with Crippen molar-refractivity contribution in [2.45, 2.75) is 6.92 Å². The van der Waals surface area contributed by atoms with E-state index in [2.05, 4.69) is 4.74 Å². The maximum Gasteiger partial charge on any atom is 0.342 e. The molecule has 0 saturated heterocycles. The van der Waals surface area contributed by atoms with Crippen LogP contribution >= 0.6 is 0 Å². The number of amides is 3. The largest absolute Gasteiger partial charge is 0.469 e. The zero-order valence-electron chi connectivity index (χ0n) is 8.48. The number of hydrogen-bond donors (Lipinski definition) is 2. The molecule has 0 fully saturated rings. The third kappa shape index (κ3) is 3.12. The molecule has 3 N–H and O–H groups in total. The standard InChI is InChI=1S/C9H10N2O5/c1-5-6(2-3-15-5)8(13)16-4-7(12)11-9(10)14/h2-3H,4H2,1H3,(H3,10,11,12,14). The second-order valence-electron chi connectivity index (χ2n) is 2.88. The second-order valence-corrected chi connectivity index (χ2v) is 2.88. The summed E-state index contributed by atoms with van der Waals surface area (Å²) in [4.78, 5) is 32.5. The number of hydrogen-bond acceptors (Lipinski definition) is 5. The first-order valence-electron chi connectivity index (χ1n) is 4.31. The lowest BCUT2D eigenvalue weighted by Gasteiger charge is -2.02. The van der Waals surface area contributed by atoms with Crippen LogP contribution in [0.15, 0.2) is 16.7 Å². The van der Waals surface area contributed by atoms with Crippen LogP contribution in [0.3, 0.4) is 0 Å². The van der Waals surface area contributed by atoms with Gasteiger partial charge in [-0.2, -0.15) is 0 Å². The number of furan rings is 1. The molecule has 0 aliphatic heterocycles. The Hall–Kier alpha value is -2.31. The van der Waals surface area contributed by atoms with E-state index in [1.54, 1.807) is 12.2 Å². The maximum absolute atomic E-state index is 11.3. The summed E-state index contributed by atoms with van der Waals surface area (Å²) in [6.45, 7) is 1.01. The molecule has 1 aromatic rings. The van der Waals surface area contributed by atoms with E-state index in [1.165, 1.54) is 12.3 Å². The smallest absolute Gasteiger partial charge is 0.342 e. The summed E-state index contributed by atoms with van der Waals surface area (Å²) in [5.41, 5.74) is 4.92. The Balaban J connectivity index is 2.45. The summed E-state index contributed by atoms with van der Waals surface area (Å²) < 4.78 is 9.49. The Morgan fingerprint density at radius 2 is 2.19 bits per heavy atom. The monoisotopic (exact) mass is 226 g/mol. The third-order valence-electron chi connectivity index (χ3n) is 1.68. The molecule has 7 nitrogen and oxygen atoms in total. The van der Waals surface area contributed by atoms with Crippen LogP contribution in [-0.4, -0.2) is 24.5 Å². The number of primary amides is 1. The number of carbonyl (C=O) groups excluding carboxylic acids is 3. The highest BCUT2D eigenvalue weighted by atomic mass is 16.5. The second kappa shape index (κ2) is 4.96. The summed E-state index contributed by atoms with van der Waals surface area (Å²) in [6.07, 6.45) is 1.33. The summed E-state index contributed by atoms with van der Waals surface area (Å²) in [6, 6.07) is 0.421. The number of esters is 1. The van der Waals surface area contributed by atoms with Gasteiger partial charge in [-0.3, -0.25) is 10.1 Å². The fourth-order valence-corrected chi connectivity index (χ4v) is 0.979. The highest BCUT2D eigenvalue weighted by molar-refractivity contribution is 5.96. The van der Waals surface area contributed by atoms with Gasteiger partial charge in [0.05, 0.1) is 6.26 Å². The molecule has 0 aliphatic rings. The van der Waals surface area contributed by atoms with Crippen molar-refractivity contribution in [2.24, 2.45) is 5.73 Å². The summed E-state index contributed by atoms with van der Waals surface area (Å²) in [5.74, 6) is -1.10. The molecular formula is C9H10N2O5. The van der Waals surface area contributed by atoms with Crippen molar-refractivity contribution in [3.05, 3.63) is 23.7 Å². The number of rotatable bonds is 3. The Morgan fingerprint density at radius 1 is 1.50 bits per heavy atom. The lowest BCUT2D eigenvalue weighted by Crippen LogP contribution is -2.37. The molecule has 0 aromatic carbocycles. The average Bonchev–Trinajstić information content (AvgIpc) is 2.60. The zero-order chi connectivity index (χ0) is 12.1. The Kier molecular flexibility index (Phi) is 3.65. The van der Waals surface area contributed by atoms with Gasteiger partial charge in [0.15, 0.2) is 6.61 Å². The molecule has 0 unspecified atom stereocenters. The van der Waals surface area contributed by atoms with Gasteiger partial charge in [-0.05, 0) is 13.0 Å². The van der Waals surface area contributed by atoms with Crippen LogP contribution in [0, 0.1) is 6.92 Å². The van der Waals surface area contributed by atoms with Crippen molar-refractivity contribution in [1.29, 1.82) is 0 Å². The van der Waals surface area contributed by atoms with E-state index in [0.717, 1.165) is 0 Å². The van der Waals surface area contributed by atoms with Crippen LogP contribution in [0.2, 0.25) is 0 Å². The molecule has 1 heterocycles. The summed E-state index contributed by atoms with van der Waals surface area (Å²) in [7, 11) is 0. The third-order valence-corrected chi connectivity index (χ3v) is 1.68. The van der Waals surface area contributed by atoms with Crippen LogP contribution in [0.4, 0.5) is 4.79 Å². The molecule has 1 aromatic heterocycles. The van der Waals surface area contributed by atoms with Crippen molar-refractivity contribution in [3.8, 4) is 0 Å². The molecule has 0 spiro atoms. The molecular weight excluding hydrogens is 216 g/mol. The van der Waals surface area contributed by atoms with E-state index in [1.807, 2.05) is 0 Å². The Labute approximate surface area is 90.5 Å². The van der Waals surface area contributed by atoms with Crippen molar-refractivity contribution in [3.63, 3.8) is 0 Å². The van der Waals surface area contributed by atoms with E-state index in [-0.39, 0.29) is 5.56 Å². The minimum Gasteiger partial charge on any atom is -0.469 e. The van der Waals surface area contributed by atoms with Crippen LogP contribution in [0.5, 0.6) is 0 Å². The van der Waals surface area contributed by atoms with Gasteiger partial charge in [-0.15, -0.1) is 0 Å². The van der Waals surface area contributed by atoms with Gasteiger partial charge in [0.1, 0.15) is 11.3 Å². The first kappa shape index (κ1) is 11.8. The van der Waals surface area contributed by atoms with Gasteiger partial charge in [-0.1, -0.05) is 0 Å². The van der Waals surface area contributed by atoms with Crippen LogP contribution in [-0.2, 0) is 9.53 Å². The number of urea groups is 1. The van der Waals surface area contributed by atoms with Crippen LogP contribution in [0.1, 0.15) is 16.1 Å². The van der Waals surface area contributed by atoms with Crippen molar-refractivity contribution in [2.75, 3.05) is 6.61 Å². The van der Waals surface area contributed by atoms with E-state index >= 15 is 0 Å². The lowest BCUT2D eigenvalue weighted by atomic mass is 10.3. The van der Waals surface area contributed by atoms with Gasteiger partial charge < -0.3 is 14.9 Å². The molecule has 16 heavy (non-hydrogen) atoms. The number of nitrogens with one attached hydrogen (secondary N) is 1. The van der Waals surface area contributed by atoms with E-state index < -0.39 is 24.5 Å². The maximum atomic E-state index is 11.3. The zero-order valence-corrected chi connectivity index (χ0v) is 8.48. The van der Waals surface area contributed by atoms with Crippen molar-refractivity contribution >= 4 is 17.9 Å². The first-order valence-corrected chi connectivity index (χ1v) is 4.31.